The van der Waals surface area contributed by atoms with Crippen molar-refractivity contribution in [3.05, 3.63) is 12.3 Å². The minimum absolute atomic E-state index is 0.109. The molecule has 0 radical (unpaired) electrons. The third-order valence-electron chi connectivity index (χ3n) is 1.59. The predicted molar refractivity (Wildman–Crippen MR) is 65.3 cm³/mol. The number of nitrogens with two attached hydrogens (primary N) is 1. The van der Waals surface area contributed by atoms with Gasteiger partial charge in [0.15, 0.2) is 0 Å². The highest BCUT2D eigenvalue weighted by atomic mass is 16.6. The van der Waals surface area contributed by atoms with E-state index in [4.69, 9.17) is 10.5 Å². The maximum Gasteiger partial charge on any atom is 0.418 e. The Kier molecular flexibility index (Phi) is 6.27. The Labute approximate surface area is 102 Å². The molecule has 0 aromatic heterocycles. The first kappa shape index (κ1) is 15.4. The number of rotatable bonds is 3. The van der Waals surface area contributed by atoms with Crippen molar-refractivity contribution in [3.8, 4) is 0 Å². The summed E-state index contributed by atoms with van der Waals surface area (Å²) in [5.41, 5.74) is 4.70. The molecule has 0 aliphatic heterocycles. The van der Waals surface area contributed by atoms with Gasteiger partial charge in [0.25, 0.3) is 0 Å². The third kappa shape index (κ3) is 6.57. The van der Waals surface area contributed by atoms with Crippen LogP contribution in [0, 0.1) is 0 Å². The Hall–Kier alpha value is -1.56. The molecular weight excluding hydrogens is 222 g/mol. The molecule has 0 fully saturated rings. The molecule has 0 atom stereocenters. The number of nitrogens with one attached hydrogen (secondary N) is 1. The molecular formula is C11H21N3O3. The van der Waals surface area contributed by atoms with Crippen molar-refractivity contribution in [1.82, 2.24) is 10.2 Å². The van der Waals surface area contributed by atoms with Crippen molar-refractivity contribution in [2.45, 2.75) is 33.3 Å². The zero-order chi connectivity index (χ0) is 13.5. The van der Waals surface area contributed by atoms with Crippen LogP contribution in [0.25, 0.3) is 0 Å². The normalized spacial score (nSPS) is 11.4. The molecule has 6 nitrogen and oxygen atoms in total. The van der Waals surface area contributed by atoms with Crippen LogP contribution in [0.2, 0.25) is 0 Å². The second-order valence-electron chi connectivity index (χ2n) is 4.37. The van der Waals surface area contributed by atoms with E-state index in [1.54, 1.807) is 33.8 Å². The van der Waals surface area contributed by atoms with Gasteiger partial charge in [0.2, 0.25) is 0 Å². The second kappa shape index (κ2) is 6.90. The summed E-state index contributed by atoms with van der Waals surface area (Å²) < 4.78 is 5.10. The smallest absolute Gasteiger partial charge is 0.418 e. The van der Waals surface area contributed by atoms with Gasteiger partial charge >= 0.3 is 12.1 Å². The van der Waals surface area contributed by atoms with Crippen LogP contribution in [0.5, 0.6) is 0 Å². The van der Waals surface area contributed by atoms with Crippen molar-refractivity contribution < 1.29 is 14.3 Å². The number of nitrogens with zero attached hydrogens (tertiary/aromatic N) is 1. The van der Waals surface area contributed by atoms with Gasteiger partial charge < -0.3 is 15.8 Å². The molecule has 0 aromatic rings. The first-order chi connectivity index (χ1) is 7.81. The summed E-state index contributed by atoms with van der Waals surface area (Å²) in [7, 11) is 0. The van der Waals surface area contributed by atoms with Crippen LogP contribution in [-0.4, -0.2) is 35.7 Å². The SMILES string of the molecule is C/C=C/NC(=O)N(CCN)C(=O)OC(C)(C)C. The molecule has 17 heavy (non-hydrogen) atoms. The van der Waals surface area contributed by atoms with Gasteiger partial charge in [0.05, 0.1) is 0 Å². The Morgan fingerprint density at radius 1 is 1.41 bits per heavy atom. The summed E-state index contributed by atoms with van der Waals surface area (Å²) in [6.45, 7) is 7.24. The van der Waals surface area contributed by atoms with E-state index < -0.39 is 17.7 Å². The average molecular weight is 243 g/mol. The summed E-state index contributed by atoms with van der Waals surface area (Å²) in [5.74, 6) is 0. The molecule has 98 valence electrons. The van der Waals surface area contributed by atoms with Crippen LogP contribution in [-0.2, 0) is 4.74 Å². The molecule has 0 heterocycles. The quantitative estimate of drug-likeness (QED) is 0.785. The molecule has 0 aliphatic carbocycles. The van der Waals surface area contributed by atoms with Gasteiger partial charge in [-0.15, -0.1) is 0 Å². The van der Waals surface area contributed by atoms with Crippen LogP contribution < -0.4 is 11.1 Å². The zero-order valence-corrected chi connectivity index (χ0v) is 10.8. The van der Waals surface area contributed by atoms with Gasteiger partial charge in [-0.05, 0) is 27.7 Å². The van der Waals surface area contributed by atoms with Crippen LogP contribution in [0.1, 0.15) is 27.7 Å². The second-order valence-corrected chi connectivity index (χ2v) is 4.37. The topological polar surface area (TPSA) is 84.7 Å². The van der Waals surface area contributed by atoms with Gasteiger partial charge in [-0.1, -0.05) is 6.08 Å². The lowest BCUT2D eigenvalue weighted by molar-refractivity contribution is 0.0328. The lowest BCUT2D eigenvalue weighted by Gasteiger charge is -2.25. The summed E-state index contributed by atoms with van der Waals surface area (Å²) in [5, 5.41) is 2.43. The fourth-order valence-electron chi connectivity index (χ4n) is 0.954. The number of hydrogen-bond donors (Lipinski definition) is 2. The molecule has 0 unspecified atom stereocenters. The van der Waals surface area contributed by atoms with E-state index in [0.717, 1.165) is 4.90 Å². The number of imide groups is 1. The van der Waals surface area contributed by atoms with E-state index in [1.807, 2.05) is 0 Å². The van der Waals surface area contributed by atoms with Crippen LogP contribution in [0.3, 0.4) is 0 Å². The van der Waals surface area contributed by atoms with Gasteiger partial charge in [-0.3, -0.25) is 0 Å². The standard InChI is InChI=1S/C11H21N3O3/c1-5-7-13-9(15)14(8-6-12)10(16)17-11(2,3)4/h5,7H,6,8,12H2,1-4H3,(H,13,15)/b7-5+. The van der Waals surface area contributed by atoms with Crippen LogP contribution in [0.15, 0.2) is 12.3 Å². The Bertz CT molecular complexity index is 295. The first-order valence-electron chi connectivity index (χ1n) is 5.44. The Morgan fingerprint density at radius 2 is 2.00 bits per heavy atom. The largest absolute Gasteiger partial charge is 0.443 e. The summed E-state index contributed by atoms with van der Waals surface area (Å²) in [6, 6.07) is -0.553. The highest BCUT2D eigenvalue weighted by molar-refractivity contribution is 5.91. The van der Waals surface area contributed by atoms with E-state index in [1.165, 1.54) is 6.20 Å². The van der Waals surface area contributed by atoms with Crippen LogP contribution in [0.4, 0.5) is 9.59 Å². The highest BCUT2D eigenvalue weighted by Gasteiger charge is 2.25. The number of ether oxygens (including phenoxy) is 1. The van der Waals surface area contributed by atoms with E-state index >= 15 is 0 Å². The zero-order valence-electron chi connectivity index (χ0n) is 10.8. The van der Waals surface area contributed by atoms with Crippen LogP contribution >= 0.6 is 0 Å². The average Bonchev–Trinajstić information content (AvgIpc) is 2.19. The first-order valence-corrected chi connectivity index (χ1v) is 5.44. The third-order valence-corrected chi connectivity index (χ3v) is 1.59. The molecule has 0 aliphatic rings. The van der Waals surface area contributed by atoms with Crippen molar-refractivity contribution in [1.29, 1.82) is 0 Å². The highest BCUT2D eigenvalue weighted by Crippen LogP contribution is 2.09. The molecule has 0 aromatic carbocycles. The predicted octanol–water partition coefficient (Wildman–Crippen LogP) is 1.43. The molecule has 0 saturated carbocycles. The monoisotopic (exact) mass is 243 g/mol. The number of carbonyl (C=O) groups excluding carboxylic acids is 2. The fraction of sp³-hybridized carbons (Fsp3) is 0.636. The van der Waals surface area contributed by atoms with E-state index in [-0.39, 0.29) is 13.1 Å². The van der Waals surface area contributed by atoms with Gasteiger partial charge in [-0.2, -0.15) is 0 Å². The van der Waals surface area contributed by atoms with E-state index in [2.05, 4.69) is 5.32 Å². The minimum Gasteiger partial charge on any atom is -0.443 e. The molecule has 0 rings (SSSR count). The summed E-state index contributed by atoms with van der Waals surface area (Å²) in [4.78, 5) is 24.3. The number of urea groups is 1. The lowest BCUT2D eigenvalue weighted by atomic mass is 10.2. The maximum atomic E-state index is 11.7. The lowest BCUT2D eigenvalue weighted by Crippen LogP contribution is -2.46. The molecule has 0 spiro atoms. The number of carbonyl (C=O) groups is 2. The summed E-state index contributed by atoms with van der Waals surface area (Å²) in [6.07, 6.45) is 2.38. The maximum absolute atomic E-state index is 11.7. The van der Waals surface area contributed by atoms with E-state index in [9.17, 15) is 9.59 Å². The van der Waals surface area contributed by atoms with Gasteiger partial charge in [0.1, 0.15) is 5.60 Å². The van der Waals surface area contributed by atoms with E-state index in [0.29, 0.717) is 0 Å². The summed E-state index contributed by atoms with van der Waals surface area (Å²) >= 11 is 0. The number of amides is 3. The Morgan fingerprint density at radius 3 is 2.41 bits per heavy atom. The fourth-order valence-corrected chi connectivity index (χ4v) is 0.954. The minimum atomic E-state index is -0.704. The van der Waals surface area contributed by atoms with Crippen molar-refractivity contribution >= 4 is 12.1 Å². The molecule has 0 bridgehead atoms. The molecule has 3 N–H and O–H groups in total. The molecule has 0 saturated heterocycles. The number of hydrogen-bond acceptors (Lipinski definition) is 4. The molecule has 6 heteroatoms. The van der Waals surface area contributed by atoms with Crippen molar-refractivity contribution in [2.75, 3.05) is 13.1 Å². The van der Waals surface area contributed by atoms with Crippen molar-refractivity contribution in [2.24, 2.45) is 5.73 Å². The molecule has 3 amide bonds. The van der Waals surface area contributed by atoms with Crippen molar-refractivity contribution in [3.63, 3.8) is 0 Å². The Balaban J connectivity index is 4.61. The van der Waals surface area contributed by atoms with Gasteiger partial charge in [-0.25, -0.2) is 14.5 Å². The van der Waals surface area contributed by atoms with Gasteiger partial charge in [0, 0.05) is 19.3 Å². The number of allylic oxidation sites excluding steroid dienone is 1.